The molecule has 10 nitrogen and oxygen atoms in total. The molecule has 0 fully saturated rings. The van der Waals surface area contributed by atoms with E-state index in [1.807, 2.05) is 0 Å². The first-order valence-electron chi connectivity index (χ1n) is 29.8. The van der Waals surface area contributed by atoms with Crippen molar-refractivity contribution in [1.29, 1.82) is 0 Å². The molecule has 0 aliphatic heterocycles. The SMILES string of the molecule is CCCCCCCC/C=C\CCCCCCCC(=O)OCC(COC(=O)CCCCCCC/C=C\CCCCCCCC)(COC(=O)CCCCCCC/C=C\CCCCCCCC)NC(=O)[C@@H](N)CO. The van der Waals surface area contributed by atoms with E-state index in [0.717, 1.165) is 116 Å². The first-order chi connectivity index (χ1) is 34.7. The summed E-state index contributed by atoms with van der Waals surface area (Å²) in [5, 5.41) is 12.4. The lowest BCUT2D eigenvalue weighted by Crippen LogP contribution is -2.62. The van der Waals surface area contributed by atoms with Crippen molar-refractivity contribution in [3.05, 3.63) is 36.5 Å². The molecule has 10 heteroatoms. The van der Waals surface area contributed by atoms with Gasteiger partial charge in [0.15, 0.2) is 0 Å². The lowest BCUT2D eigenvalue weighted by molar-refractivity contribution is -0.159. The van der Waals surface area contributed by atoms with Crippen LogP contribution in [0.4, 0.5) is 0 Å². The van der Waals surface area contributed by atoms with E-state index in [4.69, 9.17) is 19.9 Å². The second-order valence-corrected chi connectivity index (χ2v) is 20.5. The Kier molecular flexibility index (Phi) is 51.1. The monoisotopic (exact) mass is 1000 g/mol. The van der Waals surface area contributed by atoms with E-state index >= 15 is 0 Å². The van der Waals surface area contributed by atoms with E-state index in [1.54, 1.807) is 0 Å². The number of aliphatic hydroxyl groups is 1. The van der Waals surface area contributed by atoms with Crippen molar-refractivity contribution >= 4 is 23.8 Å². The first-order valence-corrected chi connectivity index (χ1v) is 29.8. The molecule has 0 heterocycles. The number of hydrogen-bond acceptors (Lipinski definition) is 9. The van der Waals surface area contributed by atoms with Gasteiger partial charge in [0.1, 0.15) is 31.4 Å². The molecule has 4 N–H and O–H groups in total. The summed E-state index contributed by atoms with van der Waals surface area (Å²) in [6, 6.07) is -1.28. The van der Waals surface area contributed by atoms with E-state index in [9.17, 15) is 24.3 Å². The highest BCUT2D eigenvalue weighted by Crippen LogP contribution is 2.17. The maximum absolute atomic E-state index is 13.2. The molecule has 0 unspecified atom stereocenters. The van der Waals surface area contributed by atoms with Crippen LogP contribution in [0.3, 0.4) is 0 Å². The average Bonchev–Trinajstić information content (AvgIpc) is 3.37. The highest BCUT2D eigenvalue weighted by Gasteiger charge is 2.38. The Morgan fingerprint density at radius 2 is 0.620 bits per heavy atom. The standard InChI is InChI=1S/C61H112N2O8/c1-4-7-10-13-16-19-22-25-28-31-34-37-40-43-46-49-57(65)69-53-61(63-60(68)56(62)52-64,54-70-58(66)50-47-44-41-38-35-32-29-26-23-20-17-14-11-8-5-2)55-71-59(67)51-48-45-42-39-36-33-30-27-24-21-18-15-12-9-6-3/h25-30,56,64H,4-24,31-55,62H2,1-3H3,(H,63,68)/b28-25-,29-26-,30-27-/t56-/m0/s1. The van der Waals surface area contributed by atoms with Crippen LogP contribution in [0.15, 0.2) is 36.5 Å². The van der Waals surface area contributed by atoms with Crippen LogP contribution >= 0.6 is 0 Å². The van der Waals surface area contributed by atoms with Gasteiger partial charge in [-0.1, -0.05) is 211 Å². The minimum Gasteiger partial charge on any atom is -0.463 e. The van der Waals surface area contributed by atoms with Gasteiger partial charge in [0, 0.05) is 19.3 Å². The van der Waals surface area contributed by atoms with Crippen molar-refractivity contribution in [3.8, 4) is 0 Å². The minimum absolute atomic E-state index is 0.197. The van der Waals surface area contributed by atoms with E-state index < -0.39 is 42.0 Å². The summed E-state index contributed by atoms with van der Waals surface area (Å²) in [6.45, 7) is 4.96. The number of nitrogens with two attached hydrogens (primary N) is 1. The van der Waals surface area contributed by atoms with Crippen LogP contribution in [0.1, 0.15) is 290 Å². The fourth-order valence-electron chi connectivity index (χ4n) is 8.56. The number of carbonyl (C=O) groups is 4. The molecule has 0 rings (SSSR count). The van der Waals surface area contributed by atoms with Gasteiger partial charge in [-0.2, -0.15) is 0 Å². The zero-order chi connectivity index (χ0) is 52.0. The van der Waals surface area contributed by atoms with Gasteiger partial charge in [0.05, 0.1) is 6.61 Å². The average molecular weight is 1000 g/mol. The molecule has 414 valence electrons. The summed E-state index contributed by atoms with van der Waals surface area (Å²) in [6.07, 6.45) is 59.3. The largest absolute Gasteiger partial charge is 0.463 e. The zero-order valence-electron chi connectivity index (χ0n) is 46.5. The molecule has 0 spiro atoms. The number of nitrogens with one attached hydrogen (secondary N) is 1. The number of allylic oxidation sites excluding steroid dienone is 6. The maximum Gasteiger partial charge on any atom is 0.305 e. The van der Waals surface area contributed by atoms with Gasteiger partial charge in [-0.05, 0) is 96.3 Å². The van der Waals surface area contributed by atoms with Crippen molar-refractivity contribution in [3.63, 3.8) is 0 Å². The molecule has 0 radical (unpaired) electrons. The van der Waals surface area contributed by atoms with Crippen molar-refractivity contribution in [1.82, 2.24) is 5.32 Å². The predicted molar refractivity (Wildman–Crippen MR) is 297 cm³/mol. The first kappa shape index (κ1) is 68.0. The zero-order valence-corrected chi connectivity index (χ0v) is 46.5. The summed E-state index contributed by atoms with van der Waals surface area (Å²) in [4.78, 5) is 52.4. The normalized spacial score (nSPS) is 12.4. The quantitative estimate of drug-likeness (QED) is 0.0234. The number of carbonyl (C=O) groups excluding carboxylic acids is 4. The molecule has 0 aromatic carbocycles. The second-order valence-electron chi connectivity index (χ2n) is 20.5. The topological polar surface area (TPSA) is 154 Å². The summed E-state index contributed by atoms with van der Waals surface area (Å²) in [5.41, 5.74) is 4.32. The van der Waals surface area contributed by atoms with Crippen molar-refractivity contribution in [2.24, 2.45) is 5.73 Å². The lowest BCUT2D eigenvalue weighted by Gasteiger charge is -2.34. The van der Waals surface area contributed by atoms with Gasteiger partial charge in [0.25, 0.3) is 0 Å². The number of unbranched alkanes of at least 4 members (excludes halogenated alkanes) is 33. The third-order valence-corrected chi connectivity index (χ3v) is 13.4. The fourth-order valence-corrected chi connectivity index (χ4v) is 8.56. The molecule has 0 aliphatic rings. The Labute approximate surface area is 436 Å². The second kappa shape index (κ2) is 53.3. The Hall–Kier alpha value is -2.98. The molecule has 1 amide bonds. The van der Waals surface area contributed by atoms with Gasteiger partial charge in [-0.3, -0.25) is 19.2 Å². The van der Waals surface area contributed by atoms with Gasteiger partial charge in [-0.25, -0.2) is 0 Å². The third kappa shape index (κ3) is 47.8. The van der Waals surface area contributed by atoms with Crippen LogP contribution < -0.4 is 11.1 Å². The van der Waals surface area contributed by atoms with Gasteiger partial charge < -0.3 is 30.4 Å². The maximum atomic E-state index is 13.2. The van der Waals surface area contributed by atoms with E-state index in [2.05, 4.69) is 62.5 Å². The molecule has 0 aromatic rings. The predicted octanol–water partition coefficient (Wildman–Crippen LogP) is 15.9. The molecular weight excluding hydrogens is 889 g/mol. The molecule has 0 aliphatic carbocycles. The molecule has 0 aromatic heterocycles. The van der Waals surface area contributed by atoms with Crippen molar-refractivity contribution < 1.29 is 38.5 Å². The molecule has 0 bridgehead atoms. The smallest absolute Gasteiger partial charge is 0.305 e. The number of aliphatic hydroxyl groups excluding tert-OH is 1. The van der Waals surface area contributed by atoms with E-state index in [-0.39, 0.29) is 39.1 Å². The number of esters is 3. The summed E-state index contributed by atoms with van der Waals surface area (Å²) >= 11 is 0. The Morgan fingerprint density at radius 1 is 0.394 bits per heavy atom. The van der Waals surface area contributed by atoms with Gasteiger partial charge in [-0.15, -0.1) is 0 Å². The fraction of sp³-hybridized carbons (Fsp3) is 0.836. The van der Waals surface area contributed by atoms with Gasteiger partial charge >= 0.3 is 17.9 Å². The minimum atomic E-state index is -1.58. The Morgan fingerprint density at radius 3 is 0.859 bits per heavy atom. The lowest BCUT2D eigenvalue weighted by atomic mass is 10.0. The Bertz CT molecular complexity index is 1180. The third-order valence-electron chi connectivity index (χ3n) is 13.4. The van der Waals surface area contributed by atoms with Gasteiger partial charge in [0.2, 0.25) is 5.91 Å². The number of rotatable bonds is 54. The highest BCUT2D eigenvalue weighted by molar-refractivity contribution is 5.82. The highest BCUT2D eigenvalue weighted by atomic mass is 16.6. The number of amides is 1. The molecule has 71 heavy (non-hydrogen) atoms. The molecule has 0 saturated heterocycles. The summed E-state index contributed by atoms with van der Waals surface area (Å²) in [5.74, 6) is -2.09. The summed E-state index contributed by atoms with van der Waals surface area (Å²) in [7, 11) is 0. The Balaban J connectivity index is 5.12. The van der Waals surface area contributed by atoms with Crippen LogP contribution in [0.5, 0.6) is 0 Å². The van der Waals surface area contributed by atoms with Crippen LogP contribution in [0, 0.1) is 0 Å². The molecular formula is C61H112N2O8. The van der Waals surface area contributed by atoms with E-state index in [1.165, 1.54) is 116 Å². The number of ether oxygens (including phenoxy) is 3. The van der Waals surface area contributed by atoms with Crippen LogP contribution in [-0.2, 0) is 33.4 Å². The van der Waals surface area contributed by atoms with Crippen LogP contribution in [0.2, 0.25) is 0 Å². The number of hydrogen-bond donors (Lipinski definition) is 3. The van der Waals surface area contributed by atoms with Crippen LogP contribution in [0.25, 0.3) is 0 Å². The molecule has 1 atom stereocenters. The van der Waals surface area contributed by atoms with Crippen molar-refractivity contribution in [2.75, 3.05) is 26.4 Å². The summed E-state index contributed by atoms with van der Waals surface area (Å²) < 4.78 is 17.2. The van der Waals surface area contributed by atoms with Crippen LogP contribution in [-0.4, -0.2) is 66.9 Å². The van der Waals surface area contributed by atoms with E-state index in [0.29, 0.717) is 19.3 Å². The van der Waals surface area contributed by atoms with Crippen molar-refractivity contribution in [2.45, 2.75) is 302 Å². The molecule has 0 saturated carbocycles.